The van der Waals surface area contributed by atoms with Crippen LogP contribution in [0.2, 0.25) is 0 Å². The third kappa shape index (κ3) is 3.96. The highest BCUT2D eigenvalue weighted by Crippen LogP contribution is 2.31. The van der Waals surface area contributed by atoms with Gasteiger partial charge in [-0.25, -0.2) is 9.97 Å². The van der Waals surface area contributed by atoms with E-state index in [0.717, 1.165) is 52.7 Å². The molecule has 1 aromatic carbocycles. The Balaban J connectivity index is 1.83. The van der Waals surface area contributed by atoms with Gasteiger partial charge in [0.2, 0.25) is 0 Å². The number of aromatic nitrogens is 3. The summed E-state index contributed by atoms with van der Waals surface area (Å²) in [5, 5.41) is 10.7. The second-order valence-electron chi connectivity index (χ2n) is 8.59. The Morgan fingerprint density at radius 1 is 1.32 bits per heavy atom. The number of fused-ring (bicyclic) bond motifs is 3. The van der Waals surface area contributed by atoms with Gasteiger partial charge < -0.3 is 10.3 Å². The second-order valence-corrected chi connectivity index (χ2v) is 8.59. The van der Waals surface area contributed by atoms with E-state index in [1.807, 2.05) is 30.4 Å². The van der Waals surface area contributed by atoms with Crippen molar-refractivity contribution in [2.24, 2.45) is 16.3 Å². The first-order chi connectivity index (χ1) is 15.0. The summed E-state index contributed by atoms with van der Waals surface area (Å²) < 4.78 is 2.31. The minimum absolute atomic E-state index is 0.435. The average molecular weight is 413 g/mol. The lowest BCUT2D eigenvalue weighted by molar-refractivity contribution is 0.516. The highest BCUT2D eigenvalue weighted by molar-refractivity contribution is 6.07. The van der Waals surface area contributed by atoms with E-state index in [1.165, 1.54) is 0 Å². The highest BCUT2D eigenvalue weighted by Gasteiger charge is 2.24. The van der Waals surface area contributed by atoms with Crippen LogP contribution in [0.25, 0.3) is 28.0 Å². The van der Waals surface area contributed by atoms with E-state index in [9.17, 15) is 5.26 Å². The van der Waals surface area contributed by atoms with Crippen LogP contribution in [0.5, 0.6) is 0 Å². The average Bonchev–Trinajstić information content (AvgIpc) is 3.11. The molecule has 0 saturated carbocycles. The fourth-order valence-electron chi connectivity index (χ4n) is 4.05. The predicted molar refractivity (Wildman–Crippen MR) is 128 cm³/mol. The lowest BCUT2D eigenvalue weighted by Crippen LogP contribution is -2.18. The van der Waals surface area contributed by atoms with Crippen molar-refractivity contribution in [1.82, 2.24) is 14.5 Å². The molecule has 2 N–H and O–H groups in total. The zero-order chi connectivity index (χ0) is 22.0. The van der Waals surface area contributed by atoms with Crippen LogP contribution in [0.4, 0.5) is 5.82 Å². The number of imidazole rings is 1. The zero-order valence-electron chi connectivity index (χ0n) is 18.3. The molecule has 0 spiro atoms. The summed E-state index contributed by atoms with van der Waals surface area (Å²) >= 11 is 0. The first-order valence-corrected chi connectivity index (χ1v) is 10.8. The number of rotatable bonds is 6. The molecule has 3 heterocycles. The standard InChI is InChI=1S/C25H28N6/c1-4-6-21-30-22-23(31(21)14-17(2)3)19-8-7-18(13-20(19)29-24(22)27)9-11-25(15-26)10-5-12-28-16-25/h5,7-13,17H,4,6,14,16H2,1-3H3,(H2,27,29)/b11-9+. The van der Waals surface area contributed by atoms with Crippen molar-refractivity contribution >= 4 is 40.0 Å². The molecular formula is C25H28N6. The summed E-state index contributed by atoms with van der Waals surface area (Å²) in [7, 11) is 0. The first-order valence-electron chi connectivity index (χ1n) is 10.8. The van der Waals surface area contributed by atoms with E-state index in [-0.39, 0.29) is 0 Å². The van der Waals surface area contributed by atoms with E-state index in [4.69, 9.17) is 10.7 Å². The van der Waals surface area contributed by atoms with Crippen LogP contribution in [-0.4, -0.2) is 27.3 Å². The van der Waals surface area contributed by atoms with Crippen LogP contribution < -0.4 is 5.73 Å². The third-order valence-electron chi connectivity index (χ3n) is 5.55. The summed E-state index contributed by atoms with van der Waals surface area (Å²) in [6.07, 6.45) is 11.2. The van der Waals surface area contributed by atoms with Crippen LogP contribution >= 0.6 is 0 Å². The molecule has 6 nitrogen and oxygen atoms in total. The molecule has 31 heavy (non-hydrogen) atoms. The van der Waals surface area contributed by atoms with Crippen molar-refractivity contribution in [3.05, 3.63) is 47.8 Å². The van der Waals surface area contributed by atoms with E-state index in [0.29, 0.717) is 18.3 Å². The Hall–Kier alpha value is -3.46. The van der Waals surface area contributed by atoms with Crippen molar-refractivity contribution in [3.8, 4) is 6.07 Å². The SMILES string of the molecule is CCCc1nc2c(N)nc3cc(/C=C/C4(C#N)C=CC=NC4)ccc3c2n1CC(C)C. The molecular weight excluding hydrogens is 384 g/mol. The number of hydrogen-bond donors (Lipinski definition) is 1. The van der Waals surface area contributed by atoms with Crippen molar-refractivity contribution < 1.29 is 0 Å². The van der Waals surface area contributed by atoms with Crippen molar-refractivity contribution in [1.29, 1.82) is 5.26 Å². The summed E-state index contributed by atoms with van der Waals surface area (Å²) in [4.78, 5) is 13.7. The molecule has 1 unspecified atom stereocenters. The predicted octanol–water partition coefficient (Wildman–Crippen LogP) is 4.94. The Labute approximate surface area is 182 Å². The number of dihydropyridines is 1. The van der Waals surface area contributed by atoms with Crippen molar-refractivity contribution in [2.45, 2.75) is 40.2 Å². The smallest absolute Gasteiger partial charge is 0.152 e. The van der Waals surface area contributed by atoms with Crippen LogP contribution in [0, 0.1) is 22.7 Å². The van der Waals surface area contributed by atoms with Gasteiger partial charge in [-0.15, -0.1) is 0 Å². The Bertz CT molecular complexity index is 1250. The number of nitriles is 1. The number of nitrogens with zero attached hydrogens (tertiary/aromatic N) is 5. The first kappa shape index (κ1) is 20.8. The highest BCUT2D eigenvalue weighted by atomic mass is 15.1. The van der Waals surface area contributed by atoms with Gasteiger partial charge in [-0.1, -0.05) is 51.1 Å². The van der Waals surface area contributed by atoms with Crippen molar-refractivity contribution in [2.75, 3.05) is 12.3 Å². The van der Waals surface area contributed by atoms with Crippen LogP contribution in [-0.2, 0) is 13.0 Å². The minimum atomic E-state index is -0.703. The molecule has 1 atom stereocenters. The maximum Gasteiger partial charge on any atom is 0.152 e. The number of anilines is 1. The molecule has 6 heteroatoms. The quantitative estimate of drug-likeness (QED) is 0.620. The van der Waals surface area contributed by atoms with Gasteiger partial charge in [-0.2, -0.15) is 5.26 Å². The van der Waals surface area contributed by atoms with E-state index >= 15 is 0 Å². The van der Waals surface area contributed by atoms with Gasteiger partial charge in [0.05, 0.1) is 23.6 Å². The van der Waals surface area contributed by atoms with Gasteiger partial charge in [-0.05, 0) is 30.0 Å². The molecule has 4 rings (SSSR count). The molecule has 2 aromatic heterocycles. The van der Waals surface area contributed by atoms with Gasteiger partial charge in [-0.3, -0.25) is 4.99 Å². The molecule has 1 aliphatic heterocycles. The number of nitrogen functional groups attached to an aromatic ring is 1. The van der Waals surface area contributed by atoms with Gasteiger partial charge in [0, 0.05) is 24.6 Å². The number of nitrogens with two attached hydrogens (primary N) is 1. The second kappa shape index (κ2) is 8.35. The van der Waals surface area contributed by atoms with E-state index < -0.39 is 5.41 Å². The molecule has 1 aliphatic rings. The normalized spacial score (nSPS) is 18.5. The molecule has 158 valence electrons. The molecule has 0 amide bonds. The molecule has 0 aliphatic carbocycles. The number of hydrogen-bond acceptors (Lipinski definition) is 5. The van der Waals surface area contributed by atoms with Gasteiger partial charge in [0.1, 0.15) is 16.8 Å². The summed E-state index contributed by atoms with van der Waals surface area (Å²) in [5.74, 6) is 2.02. The molecule has 0 radical (unpaired) electrons. The van der Waals surface area contributed by atoms with Crippen molar-refractivity contribution in [3.63, 3.8) is 0 Å². The molecule has 0 fully saturated rings. The van der Waals surface area contributed by atoms with Crippen LogP contribution in [0.3, 0.4) is 0 Å². The monoisotopic (exact) mass is 412 g/mol. The number of benzene rings is 1. The fourth-order valence-corrected chi connectivity index (χ4v) is 4.05. The Kier molecular flexibility index (Phi) is 5.60. The number of allylic oxidation sites excluding steroid dienone is 1. The van der Waals surface area contributed by atoms with E-state index in [2.05, 4.69) is 53.5 Å². The van der Waals surface area contributed by atoms with Gasteiger partial charge >= 0.3 is 0 Å². The molecule has 0 bridgehead atoms. The minimum Gasteiger partial charge on any atom is -0.382 e. The number of pyridine rings is 1. The largest absolute Gasteiger partial charge is 0.382 e. The maximum absolute atomic E-state index is 9.63. The lowest BCUT2D eigenvalue weighted by Gasteiger charge is -2.17. The molecule has 0 saturated heterocycles. The summed E-state index contributed by atoms with van der Waals surface area (Å²) in [6, 6.07) is 8.53. The summed E-state index contributed by atoms with van der Waals surface area (Å²) in [5.41, 5.74) is 9.30. The summed E-state index contributed by atoms with van der Waals surface area (Å²) in [6.45, 7) is 7.92. The number of aryl methyl sites for hydroxylation is 1. The number of aliphatic imine (C=N–C) groups is 1. The Morgan fingerprint density at radius 2 is 2.16 bits per heavy atom. The molecule has 3 aromatic rings. The third-order valence-corrected chi connectivity index (χ3v) is 5.55. The maximum atomic E-state index is 9.63. The lowest BCUT2D eigenvalue weighted by atomic mass is 9.87. The fraction of sp³-hybridized carbons (Fsp3) is 0.360. The Morgan fingerprint density at radius 3 is 2.84 bits per heavy atom. The van der Waals surface area contributed by atoms with Gasteiger partial charge in [0.25, 0.3) is 0 Å². The van der Waals surface area contributed by atoms with Crippen LogP contribution in [0.15, 0.2) is 41.4 Å². The topological polar surface area (TPSA) is 92.9 Å². The van der Waals surface area contributed by atoms with Gasteiger partial charge in [0.15, 0.2) is 5.82 Å². The van der Waals surface area contributed by atoms with E-state index in [1.54, 1.807) is 6.21 Å². The van der Waals surface area contributed by atoms with Crippen LogP contribution in [0.1, 0.15) is 38.6 Å². The zero-order valence-corrected chi connectivity index (χ0v) is 18.3.